The monoisotopic (exact) mass is 572 g/mol. The minimum atomic E-state index is -4.13. The minimum absolute atomic E-state index is 0. The van der Waals surface area contributed by atoms with Gasteiger partial charge < -0.3 is 25.8 Å². The summed E-state index contributed by atoms with van der Waals surface area (Å²) in [6.45, 7) is 1.78. The van der Waals surface area contributed by atoms with Crippen molar-refractivity contribution < 1.29 is 22.7 Å². The number of rotatable bonds is 10. The molecule has 1 atom stereocenters. The Hall–Kier alpha value is -4.13. The zero-order valence-electron chi connectivity index (χ0n) is 21.5. The van der Waals surface area contributed by atoms with Crippen molar-refractivity contribution in [3.8, 4) is 11.5 Å². The van der Waals surface area contributed by atoms with Crippen LogP contribution < -0.4 is 30.6 Å². The van der Waals surface area contributed by atoms with Crippen molar-refractivity contribution in [3.63, 3.8) is 0 Å². The zero-order chi connectivity index (χ0) is 27.3. The van der Waals surface area contributed by atoms with Crippen molar-refractivity contribution in [1.82, 2.24) is 9.97 Å². The van der Waals surface area contributed by atoms with Crippen molar-refractivity contribution in [2.75, 3.05) is 29.6 Å². The van der Waals surface area contributed by atoms with Crippen molar-refractivity contribution in [3.05, 3.63) is 66.7 Å². The number of methoxy groups -OCH3 is 2. The summed E-state index contributed by atoms with van der Waals surface area (Å²) in [4.78, 5) is 21.2. The van der Waals surface area contributed by atoms with E-state index < -0.39 is 22.0 Å². The lowest BCUT2D eigenvalue weighted by atomic mass is 10.2. The Morgan fingerprint density at radius 2 is 1.51 bits per heavy atom. The lowest BCUT2D eigenvalue weighted by molar-refractivity contribution is -0.117. The molecule has 0 bridgehead atoms. The first-order valence-electron chi connectivity index (χ1n) is 11.7. The lowest BCUT2D eigenvalue weighted by Crippen LogP contribution is -2.34. The van der Waals surface area contributed by atoms with Crippen LogP contribution in [0.5, 0.6) is 11.5 Å². The second kappa shape index (κ2) is 12.6. The van der Waals surface area contributed by atoms with Gasteiger partial charge in [-0.2, -0.15) is 0 Å². The van der Waals surface area contributed by atoms with Crippen LogP contribution in [-0.4, -0.2) is 44.6 Å². The van der Waals surface area contributed by atoms with Gasteiger partial charge in [0.2, 0.25) is 5.91 Å². The topological polar surface area (TPSA) is 158 Å². The fourth-order valence-corrected chi connectivity index (χ4v) is 4.58. The predicted molar refractivity (Wildman–Crippen MR) is 154 cm³/mol. The van der Waals surface area contributed by atoms with Gasteiger partial charge in [0.25, 0.3) is 10.0 Å². The standard InChI is InChI=1S/C26H28N6O5S.ClH/c1-4-21(27)26(33)29-16-8-7-9-20(14-16)38(34,35)32-25-24(30-22-10-5-6-11-23(22)31-25)28-17-12-18(36-2)15-19(13-17)37-3;/h5-15,21H,4,27H2,1-3H3,(H,28,30)(H,29,33)(H,31,32);1H. The molecule has 0 radical (unpaired) electrons. The molecule has 1 unspecified atom stereocenters. The number of anilines is 4. The molecule has 0 fully saturated rings. The van der Waals surface area contributed by atoms with Crippen LogP contribution in [0.4, 0.5) is 23.0 Å². The molecule has 11 nitrogen and oxygen atoms in total. The van der Waals surface area contributed by atoms with Gasteiger partial charge in [-0.05, 0) is 36.8 Å². The Balaban J connectivity index is 0.00000420. The van der Waals surface area contributed by atoms with Gasteiger partial charge in [0.1, 0.15) is 11.5 Å². The number of hydrogen-bond acceptors (Lipinski definition) is 9. The first-order chi connectivity index (χ1) is 18.2. The van der Waals surface area contributed by atoms with E-state index in [1.54, 1.807) is 49.4 Å². The molecule has 0 spiro atoms. The Kier molecular flexibility index (Phi) is 9.51. The first-order valence-corrected chi connectivity index (χ1v) is 13.2. The molecule has 0 aliphatic heterocycles. The number of aromatic nitrogens is 2. The maximum Gasteiger partial charge on any atom is 0.263 e. The van der Waals surface area contributed by atoms with Crippen LogP contribution in [0.2, 0.25) is 0 Å². The van der Waals surface area contributed by atoms with Gasteiger partial charge in [-0.25, -0.2) is 18.4 Å². The van der Waals surface area contributed by atoms with Gasteiger partial charge in [-0.3, -0.25) is 9.52 Å². The highest BCUT2D eigenvalue weighted by atomic mass is 35.5. The quantitative estimate of drug-likeness (QED) is 0.217. The van der Waals surface area contributed by atoms with E-state index in [9.17, 15) is 13.2 Å². The summed E-state index contributed by atoms with van der Waals surface area (Å²) in [5, 5.41) is 5.75. The smallest absolute Gasteiger partial charge is 0.263 e. The molecule has 4 rings (SSSR count). The van der Waals surface area contributed by atoms with Gasteiger partial charge in [-0.15, -0.1) is 12.4 Å². The third-order valence-corrected chi connectivity index (χ3v) is 6.94. The first kappa shape index (κ1) is 29.4. The molecule has 1 heterocycles. The SMILES string of the molecule is CCC(N)C(=O)Nc1cccc(S(=O)(=O)Nc2nc3ccccc3nc2Nc2cc(OC)cc(OC)c2)c1.Cl. The number of sulfonamides is 1. The van der Waals surface area contributed by atoms with Gasteiger partial charge in [-0.1, -0.05) is 25.1 Å². The Morgan fingerprint density at radius 3 is 2.10 bits per heavy atom. The Labute approximate surface area is 232 Å². The molecule has 206 valence electrons. The molecule has 0 saturated carbocycles. The fourth-order valence-electron chi connectivity index (χ4n) is 3.52. The summed E-state index contributed by atoms with van der Waals surface area (Å²) in [6.07, 6.45) is 0.445. The number of nitrogens with zero attached hydrogens (tertiary/aromatic N) is 2. The van der Waals surface area contributed by atoms with Crippen LogP contribution in [0.3, 0.4) is 0 Å². The number of carbonyl (C=O) groups excluding carboxylic acids is 1. The molecule has 39 heavy (non-hydrogen) atoms. The van der Waals surface area contributed by atoms with Gasteiger partial charge in [0, 0.05) is 29.6 Å². The highest BCUT2D eigenvalue weighted by molar-refractivity contribution is 7.92. The number of ether oxygens (including phenoxy) is 2. The Morgan fingerprint density at radius 1 is 0.897 bits per heavy atom. The molecule has 4 aromatic rings. The molecular weight excluding hydrogens is 544 g/mol. The Bertz CT molecular complexity index is 1560. The summed E-state index contributed by atoms with van der Waals surface area (Å²) in [6, 6.07) is 17.4. The number of hydrogen-bond donors (Lipinski definition) is 4. The van der Waals surface area contributed by atoms with Gasteiger partial charge in [0.15, 0.2) is 11.6 Å². The van der Waals surface area contributed by atoms with Crippen molar-refractivity contribution in [2.24, 2.45) is 5.73 Å². The minimum Gasteiger partial charge on any atom is -0.497 e. The van der Waals surface area contributed by atoms with E-state index in [4.69, 9.17) is 15.2 Å². The summed E-state index contributed by atoms with van der Waals surface area (Å²) in [5.41, 5.74) is 7.67. The van der Waals surface area contributed by atoms with E-state index in [0.29, 0.717) is 40.3 Å². The summed E-state index contributed by atoms with van der Waals surface area (Å²) in [7, 11) is -1.07. The number of amides is 1. The summed E-state index contributed by atoms with van der Waals surface area (Å²) >= 11 is 0. The zero-order valence-corrected chi connectivity index (χ0v) is 23.1. The van der Waals surface area contributed by atoms with E-state index in [2.05, 4.69) is 25.3 Å². The van der Waals surface area contributed by atoms with Crippen molar-refractivity contribution in [2.45, 2.75) is 24.3 Å². The van der Waals surface area contributed by atoms with Crippen LogP contribution in [-0.2, 0) is 14.8 Å². The predicted octanol–water partition coefficient (Wildman–Crippen LogP) is 4.29. The highest BCUT2D eigenvalue weighted by Crippen LogP contribution is 2.31. The average Bonchev–Trinajstić information content (AvgIpc) is 2.92. The number of nitrogens with one attached hydrogen (secondary N) is 3. The molecule has 3 aromatic carbocycles. The number of benzene rings is 3. The van der Waals surface area contributed by atoms with E-state index in [1.807, 2.05) is 6.07 Å². The maximum absolute atomic E-state index is 13.4. The van der Waals surface area contributed by atoms with E-state index in [0.717, 1.165) is 0 Å². The molecule has 13 heteroatoms. The highest BCUT2D eigenvalue weighted by Gasteiger charge is 2.21. The second-order valence-corrected chi connectivity index (χ2v) is 9.96. The lowest BCUT2D eigenvalue weighted by Gasteiger charge is -2.15. The number of para-hydroxylation sites is 2. The molecule has 1 aromatic heterocycles. The number of nitrogens with two attached hydrogens (primary N) is 1. The van der Waals surface area contributed by atoms with E-state index >= 15 is 0 Å². The number of fused-ring (bicyclic) bond motifs is 1. The second-order valence-electron chi connectivity index (χ2n) is 8.27. The molecule has 0 aliphatic rings. The van der Waals surface area contributed by atoms with E-state index in [1.165, 1.54) is 32.4 Å². The maximum atomic E-state index is 13.4. The molecule has 0 aliphatic carbocycles. The molecule has 5 N–H and O–H groups in total. The van der Waals surface area contributed by atoms with Crippen LogP contribution in [0, 0.1) is 0 Å². The molecule has 1 amide bonds. The number of halogens is 1. The molecular formula is C26H29ClN6O5S. The third-order valence-electron chi connectivity index (χ3n) is 5.60. The van der Waals surface area contributed by atoms with Crippen LogP contribution in [0.1, 0.15) is 13.3 Å². The normalized spacial score (nSPS) is 11.7. The van der Waals surface area contributed by atoms with Crippen LogP contribution in [0.15, 0.2) is 71.6 Å². The van der Waals surface area contributed by atoms with Crippen LogP contribution in [0.25, 0.3) is 11.0 Å². The third kappa shape index (κ3) is 7.05. The number of carbonyl (C=O) groups is 1. The van der Waals surface area contributed by atoms with Gasteiger partial charge in [0.05, 0.1) is 36.2 Å². The fraction of sp³-hybridized carbons (Fsp3) is 0.192. The summed E-state index contributed by atoms with van der Waals surface area (Å²) < 4.78 is 40.0. The molecule has 0 saturated heterocycles. The van der Waals surface area contributed by atoms with E-state index in [-0.39, 0.29) is 28.9 Å². The van der Waals surface area contributed by atoms with Crippen molar-refractivity contribution in [1.29, 1.82) is 0 Å². The van der Waals surface area contributed by atoms with Crippen LogP contribution >= 0.6 is 12.4 Å². The summed E-state index contributed by atoms with van der Waals surface area (Å²) in [5.74, 6) is 0.804. The van der Waals surface area contributed by atoms with Gasteiger partial charge >= 0.3 is 0 Å². The largest absolute Gasteiger partial charge is 0.497 e. The average molecular weight is 573 g/mol. The van der Waals surface area contributed by atoms with Crippen molar-refractivity contribution >= 4 is 62.4 Å².